The normalized spacial score (nSPS) is 22.3. The molecule has 1 fully saturated rings. The summed E-state index contributed by atoms with van der Waals surface area (Å²) in [5.41, 5.74) is 3.18. The van der Waals surface area contributed by atoms with E-state index >= 15 is 0 Å². The second kappa shape index (κ2) is 7.60. The van der Waals surface area contributed by atoms with Crippen molar-refractivity contribution in [1.82, 2.24) is 4.57 Å². The van der Waals surface area contributed by atoms with Gasteiger partial charge in [0.05, 0.1) is 24.7 Å². The largest absolute Gasteiger partial charge is 0.458 e. The second-order valence-electron chi connectivity index (χ2n) is 8.44. The molecule has 2 aliphatic heterocycles. The van der Waals surface area contributed by atoms with E-state index < -0.39 is 0 Å². The van der Waals surface area contributed by atoms with Crippen LogP contribution in [-0.4, -0.2) is 22.8 Å². The van der Waals surface area contributed by atoms with Crippen LogP contribution in [0.1, 0.15) is 35.1 Å². The summed E-state index contributed by atoms with van der Waals surface area (Å²) < 4.78 is 7.64. The van der Waals surface area contributed by atoms with Crippen LogP contribution in [-0.2, 0) is 19.7 Å². The fourth-order valence-corrected chi connectivity index (χ4v) is 5.14. The highest BCUT2D eigenvalue weighted by molar-refractivity contribution is 5.64. The summed E-state index contributed by atoms with van der Waals surface area (Å²) in [6, 6.07) is 17.2. The highest BCUT2D eigenvalue weighted by atomic mass is 16.4. The Labute approximate surface area is 174 Å². The smallest absolute Gasteiger partial charge is 0.258 e. The Bertz CT molecular complexity index is 1190. The number of rotatable bonds is 4. The van der Waals surface area contributed by atoms with Crippen molar-refractivity contribution in [2.45, 2.75) is 32.0 Å². The highest BCUT2D eigenvalue weighted by Crippen LogP contribution is 2.31. The van der Waals surface area contributed by atoms with Crippen molar-refractivity contribution in [1.29, 1.82) is 5.26 Å². The fraction of sp³-hybridized carbons (Fsp3) is 0.333. The number of hydrogen-bond donors (Lipinski definition) is 2. The van der Waals surface area contributed by atoms with Crippen LogP contribution in [0.15, 0.2) is 57.7 Å². The molecule has 1 unspecified atom stereocenters. The Balaban J connectivity index is 1.42. The lowest BCUT2D eigenvalue weighted by molar-refractivity contribution is -0.925. The third-order valence-corrected chi connectivity index (χ3v) is 6.40. The van der Waals surface area contributed by atoms with Gasteiger partial charge in [-0.05, 0) is 48.4 Å². The minimum atomic E-state index is -0.0729. The van der Waals surface area contributed by atoms with Crippen molar-refractivity contribution in [3.63, 3.8) is 0 Å². The Morgan fingerprint density at radius 1 is 1.17 bits per heavy atom. The van der Waals surface area contributed by atoms with Crippen LogP contribution in [0.25, 0.3) is 11.1 Å². The lowest BCUT2D eigenvalue weighted by Crippen LogP contribution is -3.13. The first-order valence-electron chi connectivity index (χ1n) is 10.4. The quantitative estimate of drug-likeness (QED) is 0.696. The van der Waals surface area contributed by atoms with E-state index in [0.717, 1.165) is 49.6 Å². The number of nitriles is 1. The zero-order valence-electron chi connectivity index (χ0n) is 16.7. The molecule has 1 saturated heterocycles. The summed E-state index contributed by atoms with van der Waals surface area (Å²) in [6.07, 6.45) is 1.12. The number of fused-ring (bicyclic) bond motifs is 4. The average Bonchev–Trinajstić information content (AvgIpc) is 3.22. The van der Waals surface area contributed by atoms with Gasteiger partial charge in [0.15, 0.2) is 5.76 Å². The molecule has 0 amide bonds. The molecule has 152 valence electrons. The molecule has 1 aromatic carbocycles. The van der Waals surface area contributed by atoms with Crippen molar-refractivity contribution in [2.24, 2.45) is 5.92 Å². The predicted octanol–water partition coefficient (Wildman–Crippen LogP) is 1.67. The molecule has 3 aromatic rings. The van der Waals surface area contributed by atoms with Gasteiger partial charge in [-0.3, -0.25) is 4.79 Å². The molecule has 2 aliphatic rings. The molecule has 5 rings (SSSR count). The Hall–Kier alpha value is -3.14. The molecular weight excluding hydrogens is 378 g/mol. The summed E-state index contributed by atoms with van der Waals surface area (Å²) in [7, 11) is 0. The average molecular weight is 402 g/mol. The van der Waals surface area contributed by atoms with Crippen molar-refractivity contribution in [3.05, 3.63) is 81.7 Å². The Morgan fingerprint density at radius 2 is 2.03 bits per heavy atom. The van der Waals surface area contributed by atoms with E-state index in [0.29, 0.717) is 28.7 Å². The zero-order chi connectivity index (χ0) is 20.7. The van der Waals surface area contributed by atoms with Gasteiger partial charge in [-0.2, -0.15) is 5.26 Å². The van der Waals surface area contributed by atoms with Crippen LogP contribution < -0.4 is 10.5 Å². The molecule has 6 nitrogen and oxygen atoms in total. The van der Waals surface area contributed by atoms with E-state index in [2.05, 4.69) is 12.1 Å². The molecule has 2 aromatic heterocycles. The van der Waals surface area contributed by atoms with Gasteiger partial charge in [-0.1, -0.05) is 12.1 Å². The molecule has 0 saturated carbocycles. The molecular formula is C24H24N3O3+. The number of hydrogen-bond acceptors (Lipinski definition) is 4. The van der Waals surface area contributed by atoms with Crippen LogP contribution in [0.2, 0.25) is 0 Å². The van der Waals surface area contributed by atoms with Gasteiger partial charge in [0.1, 0.15) is 18.9 Å². The summed E-state index contributed by atoms with van der Waals surface area (Å²) in [4.78, 5) is 14.7. The van der Waals surface area contributed by atoms with E-state index in [1.165, 1.54) is 4.90 Å². The van der Waals surface area contributed by atoms with Gasteiger partial charge in [0, 0.05) is 29.6 Å². The van der Waals surface area contributed by atoms with E-state index in [1.54, 1.807) is 12.1 Å². The van der Waals surface area contributed by atoms with Gasteiger partial charge < -0.3 is 19.0 Å². The first-order valence-corrected chi connectivity index (χ1v) is 10.4. The molecule has 0 aliphatic carbocycles. The number of likely N-dealkylation sites (tertiary alicyclic amines) is 1. The molecule has 6 heteroatoms. The summed E-state index contributed by atoms with van der Waals surface area (Å²) in [5.74, 6) is 2.31. The SMILES string of the molecule is N#Cc1cccc(-c2ccc3n(c2=O)C[C@H]2C[C@@H]3C[NH+](Cc3ccc(CO)o3)C2)c1. The topological polar surface area (TPSA) is 83.6 Å². The van der Waals surface area contributed by atoms with Gasteiger partial charge in [0.25, 0.3) is 5.56 Å². The number of aliphatic hydroxyl groups is 1. The van der Waals surface area contributed by atoms with E-state index in [9.17, 15) is 15.2 Å². The number of nitrogens with one attached hydrogen (secondary N) is 1. The molecule has 2 N–H and O–H groups in total. The Morgan fingerprint density at radius 3 is 2.83 bits per heavy atom. The molecule has 4 heterocycles. The van der Waals surface area contributed by atoms with Crippen molar-refractivity contribution in [2.75, 3.05) is 13.1 Å². The first-order chi connectivity index (χ1) is 14.6. The van der Waals surface area contributed by atoms with Crippen LogP contribution >= 0.6 is 0 Å². The van der Waals surface area contributed by atoms with Crippen LogP contribution in [0.3, 0.4) is 0 Å². The predicted molar refractivity (Wildman–Crippen MR) is 111 cm³/mol. The van der Waals surface area contributed by atoms with Gasteiger partial charge >= 0.3 is 0 Å². The van der Waals surface area contributed by atoms with Crippen LogP contribution in [0, 0.1) is 17.2 Å². The first kappa shape index (κ1) is 18.9. The van der Waals surface area contributed by atoms with Crippen molar-refractivity contribution >= 4 is 0 Å². The maximum atomic E-state index is 13.3. The maximum Gasteiger partial charge on any atom is 0.258 e. The van der Waals surface area contributed by atoms with Crippen LogP contribution in [0.5, 0.6) is 0 Å². The summed E-state index contributed by atoms with van der Waals surface area (Å²) in [5, 5.41) is 18.4. The van der Waals surface area contributed by atoms with Crippen molar-refractivity contribution in [3.8, 4) is 17.2 Å². The lowest BCUT2D eigenvalue weighted by Gasteiger charge is -2.40. The number of piperidine rings is 1. The number of pyridine rings is 1. The van der Waals surface area contributed by atoms with E-state index in [4.69, 9.17) is 4.42 Å². The zero-order valence-corrected chi connectivity index (χ0v) is 16.7. The molecule has 30 heavy (non-hydrogen) atoms. The number of aromatic nitrogens is 1. The highest BCUT2D eigenvalue weighted by Gasteiger charge is 2.37. The van der Waals surface area contributed by atoms with Gasteiger partial charge in [-0.25, -0.2) is 0 Å². The molecule has 0 spiro atoms. The van der Waals surface area contributed by atoms with Gasteiger partial charge in [-0.15, -0.1) is 0 Å². The van der Waals surface area contributed by atoms with Gasteiger partial charge in [0.2, 0.25) is 0 Å². The van der Waals surface area contributed by atoms with E-state index in [1.807, 2.05) is 34.9 Å². The number of quaternary nitrogens is 1. The molecule has 3 atom stereocenters. The minimum Gasteiger partial charge on any atom is -0.458 e. The second-order valence-corrected chi connectivity index (χ2v) is 8.44. The third-order valence-electron chi connectivity index (χ3n) is 6.40. The fourth-order valence-electron chi connectivity index (χ4n) is 5.14. The molecule has 0 radical (unpaired) electrons. The number of nitrogens with zero attached hydrogens (tertiary/aromatic N) is 2. The maximum absolute atomic E-state index is 13.3. The summed E-state index contributed by atoms with van der Waals surface area (Å²) >= 11 is 0. The van der Waals surface area contributed by atoms with E-state index in [-0.39, 0.29) is 12.2 Å². The summed E-state index contributed by atoms with van der Waals surface area (Å²) in [6.45, 7) is 3.44. The number of aliphatic hydroxyl groups excluding tert-OH is 1. The van der Waals surface area contributed by atoms with Crippen molar-refractivity contribution < 1.29 is 14.4 Å². The number of furan rings is 1. The lowest BCUT2D eigenvalue weighted by atomic mass is 9.82. The minimum absolute atomic E-state index is 0.0411. The number of benzene rings is 1. The van der Waals surface area contributed by atoms with Crippen LogP contribution in [0.4, 0.5) is 0 Å². The Kier molecular flexibility index (Phi) is 4.78. The standard InChI is InChI=1S/C24H23N3O3/c25-10-16-2-1-3-18(8-16)22-6-7-23-19-9-17(12-27(23)24(22)29)11-26(13-19)14-20-4-5-21(15-28)30-20/h1-8,17,19,28H,9,11-15H2/p+1/t17-,19+/m0/s1. The molecule has 2 bridgehead atoms. The third kappa shape index (κ3) is 3.36. The monoisotopic (exact) mass is 402 g/mol.